The molecule has 0 aliphatic rings. The molecule has 1 unspecified atom stereocenters. The van der Waals surface area contributed by atoms with Gasteiger partial charge in [0.2, 0.25) is 11.8 Å². The van der Waals surface area contributed by atoms with E-state index < -0.39 is 6.09 Å². The molecular formula is C12H23N3O4. The smallest absolute Gasteiger partial charge is 0.407 e. The zero-order valence-corrected chi connectivity index (χ0v) is 12.0. The van der Waals surface area contributed by atoms with E-state index in [-0.39, 0.29) is 24.4 Å². The summed E-state index contributed by atoms with van der Waals surface area (Å²) in [5.74, 6) is -0.334. The van der Waals surface area contributed by atoms with Gasteiger partial charge in [0.1, 0.15) is 6.54 Å². The molecule has 0 fully saturated rings. The van der Waals surface area contributed by atoms with Crippen molar-refractivity contribution in [2.45, 2.75) is 33.2 Å². The van der Waals surface area contributed by atoms with Crippen LogP contribution >= 0.6 is 0 Å². The van der Waals surface area contributed by atoms with Gasteiger partial charge >= 0.3 is 6.09 Å². The number of methoxy groups -OCH3 is 1. The van der Waals surface area contributed by atoms with Crippen molar-refractivity contribution in [1.82, 2.24) is 15.5 Å². The van der Waals surface area contributed by atoms with E-state index in [1.54, 1.807) is 4.90 Å². The van der Waals surface area contributed by atoms with Crippen LogP contribution < -0.4 is 10.6 Å². The Morgan fingerprint density at radius 1 is 1.21 bits per heavy atom. The van der Waals surface area contributed by atoms with E-state index in [9.17, 15) is 14.4 Å². The highest BCUT2D eigenvalue weighted by Crippen LogP contribution is 2.03. The molecule has 0 aromatic heterocycles. The maximum atomic E-state index is 12.0. The van der Waals surface area contributed by atoms with E-state index in [0.717, 1.165) is 6.42 Å². The van der Waals surface area contributed by atoms with Crippen molar-refractivity contribution in [3.63, 3.8) is 0 Å². The standard InChI is InChI=1S/C12H23N3O4/c1-5-10(7-13-9(3)16)15(6-2)11(17)8-14-12(18)19-4/h10H,5-8H2,1-4H3,(H,13,16)(H,14,18). The van der Waals surface area contributed by atoms with Gasteiger partial charge in [-0.25, -0.2) is 4.79 Å². The van der Waals surface area contributed by atoms with Crippen molar-refractivity contribution in [3.8, 4) is 0 Å². The number of ether oxygens (including phenoxy) is 1. The second-order valence-electron chi connectivity index (χ2n) is 4.02. The van der Waals surface area contributed by atoms with Gasteiger partial charge in [0.25, 0.3) is 0 Å². The largest absolute Gasteiger partial charge is 0.453 e. The molecule has 7 nitrogen and oxygen atoms in total. The van der Waals surface area contributed by atoms with Crippen LogP contribution in [0.1, 0.15) is 27.2 Å². The molecule has 110 valence electrons. The Labute approximate surface area is 113 Å². The number of nitrogens with one attached hydrogen (secondary N) is 2. The van der Waals surface area contributed by atoms with E-state index in [0.29, 0.717) is 13.1 Å². The number of amides is 3. The first kappa shape index (κ1) is 17.2. The molecule has 0 aliphatic carbocycles. The van der Waals surface area contributed by atoms with E-state index in [1.807, 2.05) is 13.8 Å². The second-order valence-corrected chi connectivity index (χ2v) is 4.02. The second kappa shape index (κ2) is 9.18. The van der Waals surface area contributed by atoms with Gasteiger partial charge in [-0.1, -0.05) is 6.92 Å². The number of carbonyl (C=O) groups excluding carboxylic acids is 3. The third-order valence-corrected chi connectivity index (χ3v) is 2.73. The zero-order chi connectivity index (χ0) is 14.8. The summed E-state index contributed by atoms with van der Waals surface area (Å²) in [6.07, 6.45) is 0.0808. The molecule has 0 saturated carbocycles. The van der Waals surface area contributed by atoms with Crippen LogP contribution in [0.25, 0.3) is 0 Å². The summed E-state index contributed by atoms with van der Waals surface area (Å²) >= 11 is 0. The van der Waals surface area contributed by atoms with Crippen LogP contribution in [0.4, 0.5) is 4.79 Å². The highest BCUT2D eigenvalue weighted by molar-refractivity contribution is 5.82. The molecular weight excluding hydrogens is 250 g/mol. The van der Waals surface area contributed by atoms with E-state index >= 15 is 0 Å². The minimum absolute atomic E-state index is 0.0825. The first-order valence-corrected chi connectivity index (χ1v) is 6.31. The summed E-state index contributed by atoms with van der Waals surface area (Å²) < 4.78 is 4.40. The van der Waals surface area contributed by atoms with Crippen LogP contribution in [0, 0.1) is 0 Å². The minimum atomic E-state index is -0.640. The number of likely N-dealkylation sites (N-methyl/N-ethyl adjacent to an activating group) is 1. The van der Waals surface area contributed by atoms with Crippen molar-refractivity contribution < 1.29 is 19.1 Å². The summed E-state index contributed by atoms with van der Waals surface area (Å²) in [7, 11) is 1.24. The number of hydrogen-bond donors (Lipinski definition) is 2. The van der Waals surface area contributed by atoms with Crippen molar-refractivity contribution in [2.24, 2.45) is 0 Å². The van der Waals surface area contributed by atoms with Gasteiger partial charge in [-0.3, -0.25) is 9.59 Å². The van der Waals surface area contributed by atoms with Gasteiger partial charge in [-0.15, -0.1) is 0 Å². The van der Waals surface area contributed by atoms with Crippen molar-refractivity contribution in [3.05, 3.63) is 0 Å². The van der Waals surface area contributed by atoms with Gasteiger partial charge in [0.15, 0.2) is 0 Å². The molecule has 0 aliphatic heterocycles. The third-order valence-electron chi connectivity index (χ3n) is 2.73. The molecule has 1 atom stereocenters. The lowest BCUT2D eigenvalue weighted by Gasteiger charge is -2.30. The van der Waals surface area contributed by atoms with Crippen molar-refractivity contribution in [1.29, 1.82) is 0 Å². The van der Waals surface area contributed by atoms with E-state index in [4.69, 9.17) is 0 Å². The highest BCUT2D eigenvalue weighted by atomic mass is 16.5. The number of rotatable bonds is 7. The van der Waals surface area contributed by atoms with Gasteiger partial charge in [-0.05, 0) is 13.3 Å². The first-order valence-electron chi connectivity index (χ1n) is 6.31. The van der Waals surface area contributed by atoms with Gasteiger partial charge < -0.3 is 20.3 Å². The molecule has 0 spiro atoms. The Bertz CT molecular complexity index is 320. The van der Waals surface area contributed by atoms with Crippen LogP contribution in [0.15, 0.2) is 0 Å². The fourth-order valence-electron chi connectivity index (χ4n) is 1.70. The predicted octanol–water partition coefficient (Wildman–Crippen LogP) is 0.106. The highest BCUT2D eigenvalue weighted by Gasteiger charge is 2.21. The average Bonchev–Trinajstić information content (AvgIpc) is 2.39. The Hall–Kier alpha value is -1.79. The van der Waals surface area contributed by atoms with Crippen LogP contribution in [-0.4, -0.2) is 55.6 Å². The normalized spacial score (nSPS) is 11.4. The van der Waals surface area contributed by atoms with Gasteiger partial charge in [0, 0.05) is 26.1 Å². The lowest BCUT2D eigenvalue weighted by molar-refractivity contribution is -0.132. The molecule has 0 aromatic carbocycles. The van der Waals surface area contributed by atoms with Gasteiger partial charge in [-0.2, -0.15) is 0 Å². The van der Waals surface area contributed by atoms with Crippen molar-refractivity contribution in [2.75, 3.05) is 26.7 Å². The fourth-order valence-corrected chi connectivity index (χ4v) is 1.70. The first-order chi connectivity index (χ1) is 8.96. The molecule has 0 rings (SSSR count). The molecule has 0 aromatic rings. The average molecular weight is 273 g/mol. The lowest BCUT2D eigenvalue weighted by atomic mass is 10.2. The molecule has 0 bridgehead atoms. The molecule has 0 radical (unpaired) electrons. The maximum Gasteiger partial charge on any atom is 0.407 e. The zero-order valence-electron chi connectivity index (χ0n) is 12.0. The SMILES string of the molecule is CCC(CNC(C)=O)N(CC)C(=O)CNC(=O)OC. The topological polar surface area (TPSA) is 87.7 Å². The molecule has 2 N–H and O–H groups in total. The van der Waals surface area contributed by atoms with Crippen LogP contribution in [-0.2, 0) is 14.3 Å². The fraction of sp³-hybridized carbons (Fsp3) is 0.750. The molecule has 3 amide bonds. The minimum Gasteiger partial charge on any atom is -0.453 e. The van der Waals surface area contributed by atoms with Crippen LogP contribution in [0.5, 0.6) is 0 Å². The number of nitrogens with zero attached hydrogens (tertiary/aromatic N) is 1. The number of hydrogen-bond acceptors (Lipinski definition) is 4. The molecule has 19 heavy (non-hydrogen) atoms. The Kier molecular flexibility index (Phi) is 8.32. The molecule has 7 heteroatoms. The van der Waals surface area contributed by atoms with Gasteiger partial charge in [0.05, 0.1) is 7.11 Å². The Balaban J connectivity index is 4.44. The number of carbonyl (C=O) groups is 3. The molecule has 0 saturated heterocycles. The monoisotopic (exact) mass is 273 g/mol. The van der Waals surface area contributed by atoms with Crippen LogP contribution in [0.2, 0.25) is 0 Å². The molecule has 0 heterocycles. The number of alkyl carbamates (subject to hydrolysis) is 1. The quantitative estimate of drug-likeness (QED) is 0.689. The summed E-state index contributed by atoms with van der Waals surface area (Å²) in [4.78, 5) is 35.4. The Morgan fingerprint density at radius 3 is 2.26 bits per heavy atom. The summed E-state index contributed by atoms with van der Waals surface area (Å²) in [5, 5.41) is 5.05. The summed E-state index contributed by atoms with van der Waals surface area (Å²) in [6, 6.07) is -0.0825. The lowest BCUT2D eigenvalue weighted by Crippen LogP contribution is -2.49. The summed E-state index contributed by atoms with van der Waals surface area (Å²) in [6.45, 7) is 6.03. The van der Waals surface area contributed by atoms with Crippen molar-refractivity contribution >= 4 is 17.9 Å². The maximum absolute atomic E-state index is 12.0. The Morgan fingerprint density at radius 2 is 1.84 bits per heavy atom. The van der Waals surface area contributed by atoms with E-state index in [2.05, 4.69) is 15.4 Å². The summed E-state index contributed by atoms with van der Waals surface area (Å²) in [5.41, 5.74) is 0. The van der Waals surface area contributed by atoms with Crippen LogP contribution in [0.3, 0.4) is 0 Å². The third kappa shape index (κ3) is 6.64. The predicted molar refractivity (Wildman–Crippen MR) is 70.6 cm³/mol. The van der Waals surface area contributed by atoms with E-state index in [1.165, 1.54) is 14.0 Å².